The zero-order valence-electron chi connectivity index (χ0n) is 72.6. The van der Waals surface area contributed by atoms with Crippen molar-refractivity contribution in [3.63, 3.8) is 0 Å². The number of hydrogen-bond donors (Lipinski definition) is 0. The first-order chi connectivity index (χ1) is 58.5. The van der Waals surface area contributed by atoms with Gasteiger partial charge in [-0.2, -0.15) is 10.2 Å². The molecule has 0 bridgehead atoms. The maximum absolute atomic E-state index is 13.5. The zero-order valence-corrected chi connectivity index (χ0v) is 82.7. The largest absolute Gasteiger partial charge is 0.0622 e. The van der Waals surface area contributed by atoms with Gasteiger partial charge < -0.3 is 18.2 Å². The maximum Gasteiger partial charge on any atom is -0.0134 e. The number of benzene rings is 8. The van der Waals surface area contributed by atoms with Crippen LogP contribution in [0.4, 0.5) is 0 Å². The molecule has 7 heterocycles. The van der Waals surface area contributed by atoms with E-state index in [0.29, 0.717) is 17.9 Å². The normalized spacial score (nSPS) is 13.5. The first-order valence-electron chi connectivity index (χ1n) is 40.4. The molecule has 27 heteroatoms. The van der Waals surface area contributed by atoms with E-state index in [2.05, 4.69) is 326 Å². The van der Waals surface area contributed by atoms with Crippen molar-refractivity contribution in [1.82, 2.24) is 37.5 Å². The van der Waals surface area contributed by atoms with Crippen LogP contribution in [0.5, 0.6) is 0 Å². The van der Waals surface area contributed by atoms with E-state index in [1.807, 2.05) is 50.7 Å². The summed E-state index contributed by atoms with van der Waals surface area (Å²) in [6.45, 7) is 32.3. The molecule has 0 amide bonds. The second-order valence-corrected chi connectivity index (χ2v) is 54.2. The molecule has 6 aromatic heterocycles. The SMILES string of the molecule is CC1(C)OB(/C=C/CCO[Si](C)(C)C(C)(C)C)OC1(C)C.Cn1cc(-c2cn(S(=O)(=O)c3ccccc3)c3ncc(/C=C/CCO[Si](C)(C)C(C)(C)C)cc23)cn1.Cn1cc(-c2cn(S(=O)(=O)c3ccccc3)c3ncc(Br)cc23)cn1.[Cl][Pd][Cl].c1ccc(P(c2ccccc2)c2ccccc2)cc1.c1ccc(P(c2ccccc2)c2ccccc2)cc1. The summed E-state index contributed by atoms with van der Waals surface area (Å²) in [4.78, 5) is 9.34. The summed E-state index contributed by atoms with van der Waals surface area (Å²) in [6, 6.07) is 85.2. The molecule has 1 saturated heterocycles. The van der Waals surface area contributed by atoms with E-state index in [0.717, 1.165) is 62.5 Å². The molecule has 1 aliphatic rings. The van der Waals surface area contributed by atoms with Gasteiger partial charge in [0, 0.05) is 102 Å². The molecule has 8 aromatic carbocycles. The molecule has 1 aliphatic heterocycles. The number of aromatic nitrogens is 8. The molecule has 15 rings (SSSR count). The molecule has 123 heavy (non-hydrogen) atoms. The summed E-state index contributed by atoms with van der Waals surface area (Å²) in [5, 5.41) is 18.8. The number of nitrogens with zero attached hydrogens (tertiary/aromatic N) is 8. The van der Waals surface area contributed by atoms with Crippen LogP contribution in [0.15, 0.2) is 337 Å². The van der Waals surface area contributed by atoms with Gasteiger partial charge >= 0.3 is 42.1 Å². The second kappa shape index (κ2) is 43.9. The van der Waals surface area contributed by atoms with Crippen molar-refractivity contribution in [3.05, 3.63) is 333 Å². The van der Waals surface area contributed by atoms with Crippen molar-refractivity contribution in [2.24, 2.45) is 14.1 Å². The number of rotatable bonds is 22. The van der Waals surface area contributed by atoms with Crippen LogP contribution in [-0.2, 0) is 68.2 Å². The first kappa shape index (κ1) is 97.1. The van der Waals surface area contributed by atoms with E-state index >= 15 is 0 Å². The van der Waals surface area contributed by atoms with Gasteiger partial charge in [0.15, 0.2) is 27.9 Å². The van der Waals surface area contributed by atoms with Gasteiger partial charge in [-0.3, -0.25) is 9.36 Å². The summed E-state index contributed by atoms with van der Waals surface area (Å²) >= 11 is 3.30. The fourth-order valence-corrected chi connectivity index (χ4v) is 22.3. The summed E-state index contributed by atoms with van der Waals surface area (Å²) in [7, 11) is 1.18. The van der Waals surface area contributed by atoms with E-state index in [9.17, 15) is 16.8 Å². The van der Waals surface area contributed by atoms with Crippen LogP contribution in [0.2, 0.25) is 36.3 Å². The van der Waals surface area contributed by atoms with Gasteiger partial charge in [0.25, 0.3) is 20.0 Å². The van der Waals surface area contributed by atoms with Crippen molar-refractivity contribution in [3.8, 4) is 22.3 Å². The van der Waals surface area contributed by atoms with Gasteiger partial charge in [-0.25, -0.2) is 34.7 Å². The van der Waals surface area contributed by atoms with Gasteiger partial charge in [0.1, 0.15) is 0 Å². The van der Waals surface area contributed by atoms with Crippen molar-refractivity contribution >= 4 is 155 Å². The van der Waals surface area contributed by atoms with Crippen molar-refractivity contribution in [1.29, 1.82) is 0 Å². The van der Waals surface area contributed by atoms with E-state index in [4.69, 9.17) is 37.2 Å². The second-order valence-electron chi connectivity index (χ2n) is 33.3. The van der Waals surface area contributed by atoms with Crippen LogP contribution in [0, 0.1) is 0 Å². The summed E-state index contributed by atoms with van der Waals surface area (Å²) in [5.74, 6) is 2.01. The quantitative estimate of drug-likeness (QED) is 0.0357. The topological polar surface area (TPSA) is 176 Å². The molecule has 646 valence electrons. The van der Waals surface area contributed by atoms with Crippen LogP contribution in [-0.4, -0.2) is 102 Å². The third-order valence-electron chi connectivity index (χ3n) is 21.9. The Morgan fingerprint density at radius 3 is 1.07 bits per heavy atom. The Kier molecular flexibility index (Phi) is 34.6. The first-order valence-corrected chi connectivity index (χ1v) is 56.6. The Labute approximate surface area is 757 Å². The van der Waals surface area contributed by atoms with Crippen LogP contribution < -0.4 is 31.8 Å². The van der Waals surface area contributed by atoms with E-state index in [-0.39, 0.29) is 54.1 Å². The van der Waals surface area contributed by atoms with Crippen LogP contribution in [0.25, 0.3) is 50.4 Å². The standard InChI is InChI=1S/C27H34N4O3SSi.2C18H15P.C17H13BrN4O2S.C16H33BO3Si.2ClH.Pd/c1-27(2,3)36(5,6)34-15-11-10-12-21-16-24-25(22-18-29-30(4)19-22)20-31(26(24)28-17-21)35(32,33)23-13-8-7-9-14-23;2*1-4-10-16(11-5-1)19(17-12-6-2-7-13-17)18-14-8-3-9-15-18;1-21-10-12(8-20-21)16-11-22(17-15(16)7-13(18)9-19-17)25(23,24)14-5-3-2-4-6-14;1-14(2,3)21(8,9)18-13-11-10-12-17-19-15(4,5)16(6,7)20-17;;;/h7-10,12-14,16-20H,11,15H2,1-6H3;2*1-15H;2-11H,1H3;10,12H,11,13H2,1-9H3;2*1H;/q;;;;;;;+2/p-2/b12-10+;;;;12-10+;;;. The number of aryl methyl sites for hydroxylation is 2. The minimum atomic E-state index is -3.81. The third-order valence-corrected chi connectivity index (χ3v) is 39.6. The molecule has 16 nitrogen and oxygen atoms in total. The molecule has 0 aliphatic carbocycles. The molecule has 14 aromatic rings. The molecular formula is C96H110BBrCl2N8O8P2PdS2Si2. The predicted octanol–water partition coefficient (Wildman–Crippen LogP) is 22.4. The number of halogens is 3. The van der Waals surface area contributed by atoms with Gasteiger partial charge in [-0.05, 0) is 182 Å². The average Bonchev–Trinajstić information content (AvgIpc) is 1.60. The van der Waals surface area contributed by atoms with Gasteiger partial charge in [0.2, 0.25) is 0 Å². The van der Waals surface area contributed by atoms with Gasteiger partial charge in [-0.15, -0.1) is 0 Å². The predicted molar refractivity (Wildman–Crippen MR) is 521 cm³/mol. The van der Waals surface area contributed by atoms with Gasteiger partial charge in [-0.1, -0.05) is 284 Å². The average molecular weight is 1950 g/mol. The van der Waals surface area contributed by atoms with Crippen LogP contribution in [0.1, 0.15) is 87.6 Å². The molecule has 0 spiro atoms. The molecule has 0 saturated carbocycles. The molecule has 0 unspecified atom stereocenters. The fourth-order valence-electron chi connectivity index (χ4n) is 12.5. The van der Waals surface area contributed by atoms with Crippen molar-refractivity contribution in [2.75, 3.05) is 13.2 Å². The summed E-state index contributed by atoms with van der Waals surface area (Å²) in [6.07, 6.45) is 21.6. The Morgan fingerprint density at radius 1 is 0.463 bits per heavy atom. The molecule has 1 fully saturated rings. The monoisotopic (exact) mass is 1950 g/mol. The number of pyridine rings is 2. The molecular weight excluding hydrogens is 1840 g/mol. The Morgan fingerprint density at radius 2 is 0.764 bits per heavy atom. The Hall–Kier alpha value is -8.14. The van der Waals surface area contributed by atoms with E-state index in [1.54, 1.807) is 107 Å². The molecule has 0 radical (unpaired) electrons. The van der Waals surface area contributed by atoms with E-state index < -0.39 is 52.5 Å². The van der Waals surface area contributed by atoms with Gasteiger partial charge in [0.05, 0.1) is 33.4 Å². The minimum absolute atomic E-state index is 0.106. The fraction of sp³-hybridized carbons (Fsp3) is 0.250. The summed E-state index contributed by atoms with van der Waals surface area (Å²) in [5.41, 5.74) is 4.32. The number of fused-ring (bicyclic) bond motifs is 2. The van der Waals surface area contributed by atoms with Crippen molar-refractivity contribution in [2.45, 2.75) is 139 Å². The summed E-state index contributed by atoms with van der Waals surface area (Å²) < 4.78 is 84.0. The maximum atomic E-state index is 13.5. The molecule has 0 atom stereocenters. The Balaban J connectivity index is 0.000000163. The smallest absolute Gasteiger partial charge is 0.0134 e. The zero-order chi connectivity index (χ0) is 88.8. The Bertz CT molecular complexity index is 5660. The number of hydrogen-bond acceptors (Lipinski definition) is 12. The molecule has 0 N–H and O–H groups in total. The van der Waals surface area contributed by atoms with E-state index in [1.165, 1.54) is 39.8 Å². The third kappa shape index (κ3) is 25.8. The van der Waals surface area contributed by atoms with Crippen molar-refractivity contribution < 1.29 is 50.9 Å². The van der Waals surface area contributed by atoms with Crippen LogP contribution >= 0.6 is 50.8 Å². The van der Waals surface area contributed by atoms with Crippen LogP contribution in [0.3, 0.4) is 0 Å². The minimum Gasteiger partial charge on any atom is -0.0622 e.